The zero-order valence-corrected chi connectivity index (χ0v) is 19.2. The Balaban J connectivity index is 0.00000341. The Morgan fingerprint density at radius 2 is 1.87 bits per heavy atom. The van der Waals surface area contributed by atoms with E-state index >= 15 is 0 Å². The van der Waals surface area contributed by atoms with Gasteiger partial charge in [-0.25, -0.2) is 4.79 Å². The lowest BCUT2D eigenvalue weighted by Gasteiger charge is -2.39. The molecule has 1 unspecified atom stereocenters. The first kappa shape index (κ1) is 25.2. The number of aliphatic hydroxyl groups excluding tert-OH is 1. The molecule has 1 aliphatic heterocycles. The van der Waals surface area contributed by atoms with Gasteiger partial charge in [0, 0.05) is 30.9 Å². The molecule has 7 nitrogen and oxygen atoms in total. The zero-order valence-electron chi connectivity index (χ0n) is 18.4. The van der Waals surface area contributed by atoms with Crippen molar-refractivity contribution in [1.29, 1.82) is 0 Å². The molecule has 1 atom stereocenters. The molecule has 3 N–H and O–H groups in total. The predicted molar refractivity (Wildman–Crippen MR) is 121 cm³/mol. The number of hydrogen-bond donors (Lipinski definition) is 3. The van der Waals surface area contributed by atoms with Gasteiger partial charge in [-0.2, -0.15) is 0 Å². The summed E-state index contributed by atoms with van der Waals surface area (Å²) in [7, 11) is 0. The molecule has 31 heavy (non-hydrogen) atoms. The van der Waals surface area contributed by atoms with Crippen LogP contribution in [0.2, 0.25) is 0 Å². The van der Waals surface area contributed by atoms with Crippen molar-refractivity contribution in [1.82, 2.24) is 9.88 Å². The molecule has 0 amide bonds. The highest BCUT2D eigenvalue weighted by Crippen LogP contribution is 2.32. The van der Waals surface area contributed by atoms with Gasteiger partial charge in [0.05, 0.1) is 12.2 Å². The molecular weight excluding hydrogens is 420 g/mol. The Bertz CT molecular complexity index is 847. The maximum atomic E-state index is 12.1. The number of carbonyl (C=O) groups excluding carboxylic acids is 1. The first-order valence-corrected chi connectivity index (χ1v) is 10.5. The molecule has 0 radical (unpaired) electrons. The Hall–Kier alpha value is -2.06. The number of aryl methyl sites for hydroxylation is 1. The molecule has 1 aromatic heterocycles. The molecule has 0 spiro atoms. The monoisotopic (exact) mass is 452 g/mol. The molecule has 0 saturated carbocycles. The fourth-order valence-electron chi connectivity index (χ4n) is 3.90. The number of hydrogen-bond acceptors (Lipinski definition) is 6. The molecular formula is C23H33ClN2O5. The number of piperidine rings is 1. The largest absolute Gasteiger partial charge is 0.488 e. The molecule has 1 aromatic carbocycles. The average molecular weight is 453 g/mol. The first-order valence-electron chi connectivity index (χ1n) is 10.5. The molecule has 1 saturated heterocycles. The van der Waals surface area contributed by atoms with Crippen LogP contribution in [0.3, 0.4) is 0 Å². The number of rotatable bonds is 8. The minimum Gasteiger partial charge on any atom is -0.488 e. The number of nitrogens with one attached hydrogen (secondary N) is 1. The first-order chi connectivity index (χ1) is 14.3. The SMILES string of the molecule is CCOC(=O)c1[nH]c(C)c(C)c1OCC(O)CN1CCC(O)(c2ccccc2)CC1.Cl. The smallest absolute Gasteiger partial charge is 0.358 e. The molecule has 2 aromatic rings. The summed E-state index contributed by atoms with van der Waals surface area (Å²) in [6.45, 7) is 7.67. The van der Waals surface area contributed by atoms with Gasteiger partial charge < -0.3 is 29.6 Å². The van der Waals surface area contributed by atoms with Crippen LogP contribution < -0.4 is 4.74 Å². The summed E-state index contributed by atoms with van der Waals surface area (Å²) in [5, 5.41) is 21.4. The zero-order chi connectivity index (χ0) is 21.7. The van der Waals surface area contributed by atoms with Crippen molar-refractivity contribution in [3.8, 4) is 5.75 Å². The van der Waals surface area contributed by atoms with Crippen molar-refractivity contribution >= 4 is 18.4 Å². The maximum absolute atomic E-state index is 12.1. The molecule has 0 aliphatic carbocycles. The van der Waals surface area contributed by atoms with Gasteiger partial charge in [-0.1, -0.05) is 30.3 Å². The number of aromatic amines is 1. The number of benzene rings is 1. The Kier molecular flexibility index (Phi) is 8.94. The van der Waals surface area contributed by atoms with E-state index in [0.717, 1.165) is 16.8 Å². The van der Waals surface area contributed by atoms with Crippen molar-refractivity contribution < 1.29 is 24.5 Å². The number of aliphatic hydroxyl groups is 2. The second-order valence-corrected chi connectivity index (χ2v) is 7.96. The number of likely N-dealkylation sites (tertiary alicyclic amines) is 1. The van der Waals surface area contributed by atoms with E-state index in [-0.39, 0.29) is 31.3 Å². The summed E-state index contributed by atoms with van der Waals surface area (Å²) >= 11 is 0. The van der Waals surface area contributed by atoms with Crippen LogP contribution in [0.25, 0.3) is 0 Å². The lowest BCUT2D eigenvalue weighted by Crippen LogP contribution is -2.46. The normalized spacial score (nSPS) is 16.9. The van der Waals surface area contributed by atoms with Crippen LogP contribution in [0.15, 0.2) is 30.3 Å². The van der Waals surface area contributed by atoms with Crippen LogP contribution in [0.4, 0.5) is 0 Å². The van der Waals surface area contributed by atoms with Crippen LogP contribution in [-0.2, 0) is 10.3 Å². The molecule has 8 heteroatoms. The van der Waals surface area contributed by atoms with Gasteiger partial charge in [-0.15, -0.1) is 12.4 Å². The second-order valence-electron chi connectivity index (χ2n) is 7.96. The van der Waals surface area contributed by atoms with Gasteiger partial charge >= 0.3 is 5.97 Å². The minimum absolute atomic E-state index is 0. The lowest BCUT2D eigenvalue weighted by molar-refractivity contribution is -0.0372. The third kappa shape index (κ3) is 6.01. The maximum Gasteiger partial charge on any atom is 0.358 e. The molecule has 2 heterocycles. The second kappa shape index (κ2) is 11.0. The van der Waals surface area contributed by atoms with Gasteiger partial charge in [-0.05, 0) is 39.2 Å². The van der Waals surface area contributed by atoms with Gasteiger partial charge in [0.1, 0.15) is 12.7 Å². The topological polar surface area (TPSA) is 95.0 Å². The van der Waals surface area contributed by atoms with E-state index in [1.807, 2.05) is 44.2 Å². The fraction of sp³-hybridized carbons (Fsp3) is 0.522. The van der Waals surface area contributed by atoms with E-state index in [1.165, 1.54) is 0 Å². The number of nitrogens with zero attached hydrogens (tertiary/aromatic N) is 1. The van der Waals surface area contributed by atoms with E-state index in [0.29, 0.717) is 38.2 Å². The standard InChI is InChI=1S/C23H32N2O5.ClH/c1-4-29-22(27)20-21(16(2)17(3)24-20)30-15-19(26)14-25-12-10-23(28,11-13-25)18-8-6-5-7-9-18;/h5-9,19,24,26,28H,4,10-15H2,1-3H3;1H. The van der Waals surface area contributed by atoms with Crippen LogP contribution in [-0.4, -0.2) is 65.0 Å². The van der Waals surface area contributed by atoms with Gasteiger partial charge in [0.25, 0.3) is 0 Å². The highest BCUT2D eigenvalue weighted by atomic mass is 35.5. The van der Waals surface area contributed by atoms with Crippen molar-refractivity contribution in [3.63, 3.8) is 0 Å². The molecule has 1 fully saturated rings. The average Bonchev–Trinajstić information content (AvgIpc) is 3.03. The number of ether oxygens (including phenoxy) is 2. The summed E-state index contributed by atoms with van der Waals surface area (Å²) in [5.74, 6) is -0.0310. The number of carbonyl (C=O) groups is 1. The molecule has 0 bridgehead atoms. The van der Waals surface area contributed by atoms with E-state index in [1.54, 1.807) is 6.92 Å². The number of H-pyrrole nitrogens is 1. The highest BCUT2D eigenvalue weighted by Gasteiger charge is 2.34. The van der Waals surface area contributed by atoms with Crippen LogP contribution in [0, 0.1) is 13.8 Å². The molecule has 172 valence electrons. The number of halogens is 1. The third-order valence-corrected chi connectivity index (χ3v) is 5.81. The Morgan fingerprint density at radius 3 is 2.48 bits per heavy atom. The predicted octanol–water partition coefficient (Wildman–Crippen LogP) is 2.95. The van der Waals surface area contributed by atoms with Crippen molar-refractivity contribution in [2.75, 3.05) is 32.8 Å². The summed E-state index contributed by atoms with van der Waals surface area (Å²) in [5.41, 5.74) is 2.08. The fourth-order valence-corrected chi connectivity index (χ4v) is 3.90. The molecule has 1 aliphatic rings. The van der Waals surface area contributed by atoms with Crippen LogP contribution in [0.1, 0.15) is 47.1 Å². The van der Waals surface area contributed by atoms with Gasteiger partial charge in [0.2, 0.25) is 0 Å². The molecule has 3 rings (SSSR count). The van der Waals surface area contributed by atoms with E-state index in [4.69, 9.17) is 9.47 Å². The minimum atomic E-state index is -0.812. The summed E-state index contributed by atoms with van der Waals surface area (Å²) < 4.78 is 10.9. The Morgan fingerprint density at radius 1 is 1.23 bits per heavy atom. The third-order valence-electron chi connectivity index (χ3n) is 5.81. The summed E-state index contributed by atoms with van der Waals surface area (Å²) in [6.07, 6.45) is 0.527. The van der Waals surface area contributed by atoms with Crippen molar-refractivity contribution in [2.45, 2.75) is 45.3 Å². The number of β-amino-alcohol motifs (C(OH)–C–C–N with tert-alkyl or cyclic N) is 1. The van der Waals surface area contributed by atoms with Gasteiger partial charge in [0.15, 0.2) is 11.4 Å². The quantitative estimate of drug-likeness (QED) is 0.533. The van der Waals surface area contributed by atoms with E-state index in [9.17, 15) is 15.0 Å². The van der Waals surface area contributed by atoms with Gasteiger partial charge in [-0.3, -0.25) is 0 Å². The lowest BCUT2D eigenvalue weighted by atomic mass is 9.84. The van der Waals surface area contributed by atoms with Crippen LogP contribution >= 0.6 is 12.4 Å². The number of esters is 1. The van der Waals surface area contributed by atoms with E-state index < -0.39 is 17.7 Å². The summed E-state index contributed by atoms with van der Waals surface area (Å²) in [6, 6.07) is 9.74. The van der Waals surface area contributed by atoms with Crippen molar-refractivity contribution in [2.24, 2.45) is 0 Å². The number of aromatic nitrogens is 1. The Labute approximate surface area is 189 Å². The highest BCUT2D eigenvalue weighted by molar-refractivity contribution is 5.91. The van der Waals surface area contributed by atoms with Crippen molar-refractivity contribution in [3.05, 3.63) is 52.8 Å². The summed E-state index contributed by atoms with van der Waals surface area (Å²) in [4.78, 5) is 17.3. The van der Waals surface area contributed by atoms with E-state index in [2.05, 4.69) is 9.88 Å². The van der Waals surface area contributed by atoms with Crippen LogP contribution in [0.5, 0.6) is 5.75 Å².